The minimum absolute atomic E-state index is 0.725. The third kappa shape index (κ3) is 11.9. The van der Waals surface area contributed by atoms with Crippen LogP contribution in [0.2, 0.25) is 13.0 Å². The van der Waals surface area contributed by atoms with Crippen molar-refractivity contribution < 1.29 is 0 Å². The average molecular weight is 400 g/mol. The molecule has 0 saturated heterocycles. The normalized spacial score (nSPS) is 11.9. The van der Waals surface area contributed by atoms with Crippen molar-refractivity contribution in [2.45, 2.75) is 79.4 Å². The molecule has 21 heavy (non-hydrogen) atoms. The van der Waals surface area contributed by atoms with Crippen molar-refractivity contribution in [3.63, 3.8) is 0 Å². The summed E-state index contributed by atoms with van der Waals surface area (Å²) in [4.78, 5) is 5.29. The van der Waals surface area contributed by atoms with Gasteiger partial charge >= 0.3 is 143 Å². The van der Waals surface area contributed by atoms with Crippen LogP contribution < -0.4 is 0 Å². The third-order valence-electron chi connectivity index (χ3n) is 4.54. The first-order chi connectivity index (χ1) is 10.0. The average Bonchev–Trinajstić information content (AvgIpc) is 2.45. The Hall–Kier alpha value is 0.790. The Bertz CT molecular complexity index is 221. The molecule has 0 radical (unpaired) electrons. The maximum absolute atomic E-state index is 2.67. The Kier molecular flexibility index (Phi) is 14.9. The molecule has 0 bridgehead atoms. The minimum atomic E-state index is -1.14. The van der Waals surface area contributed by atoms with Gasteiger partial charge in [0.1, 0.15) is 0 Å². The molecule has 0 N–H and O–H groups in total. The molecule has 0 saturated carbocycles. The zero-order valence-electron chi connectivity index (χ0n) is 15.8. The van der Waals surface area contributed by atoms with Crippen molar-refractivity contribution in [2.75, 3.05) is 32.7 Å². The van der Waals surface area contributed by atoms with Crippen LogP contribution in [-0.4, -0.2) is 70.0 Å². The molecule has 0 aliphatic rings. The van der Waals surface area contributed by atoms with E-state index in [9.17, 15) is 0 Å². The van der Waals surface area contributed by atoms with Crippen LogP contribution in [0.5, 0.6) is 0 Å². The first-order valence-electron chi connectivity index (χ1n) is 9.51. The summed E-state index contributed by atoms with van der Waals surface area (Å²) >= 11 is -1.14. The summed E-state index contributed by atoms with van der Waals surface area (Å²) in [6.45, 7) is 18.1. The van der Waals surface area contributed by atoms with Gasteiger partial charge in [0.2, 0.25) is 0 Å². The van der Waals surface area contributed by atoms with E-state index in [0.717, 1.165) is 6.04 Å². The van der Waals surface area contributed by atoms with E-state index in [1.165, 1.54) is 58.4 Å². The predicted octanol–water partition coefficient (Wildman–Crippen LogP) is 4.74. The molecule has 0 aliphatic carbocycles. The summed E-state index contributed by atoms with van der Waals surface area (Å²) in [5, 5.41) is 0. The molecule has 0 heterocycles. The SMILES string of the molecule is CCCN(CC)CC[CH2][In]([CH3])[CH2]CCN(CCC)C(C)C. The van der Waals surface area contributed by atoms with Gasteiger partial charge in [-0.3, -0.25) is 0 Å². The molecule has 3 heteroatoms. The predicted molar refractivity (Wildman–Crippen MR) is 99.9 cm³/mol. The van der Waals surface area contributed by atoms with E-state index in [1.807, 2.05) is 0 Å². The van der Waals surface area contributed by atoms with Gasteiger partial charge in [-0.25, -0.2) is 0 Å². The molecule has 0 spiro atoms. The molecule has 0 aromatic carbocycles. The van der Waals surface area contributed by atoms with Crippen molar-refractivity contribution in [1.29, 1.82) is 0 Å². The Morgan fingerprint density at radius 1 is 0.810 bits per heavy atom. The Morgan fingerprint density at radius 2 is 1.38 bits per heavy atom. The fourth-order valence-corrected chi connectivity index (χ4v) is 8.95. The number of nitrogens with zero attached hydrogens (tertiary/aromatic N) is 2. The van der Waals surface area contributed by atoms with Gasteiger partial charge in [0.05, 0.1) is 0 Å². The summed E-state index contributed by atoms with van der Waals surface area (Å²) in [6.07, 6.45) is 5.52. The second-order valence-corrected chi connectivity index (χ2v) is 16.6. The number of hydrogen-bond acceptors (Lipinski definition) is 2. The van der Waals surface area contributed by atoms with E-state index >= 15 is 0 Å². The Labute approximate surface area is 143 Å². The van der Waals surface area contributed by atoms with Gasteiger partial charge in [0.15, 0.2) is 0 Å². The fraction of sp³-hybridized carbons (Fsp3) is 1.00. The Balaban J connectivity index is 3.72. The van der Waals surface area contributed by atoms with Crippen molar-refractivity contribution >= 4 is 21.4 Å². The van der Waals surface area contributed by atoms with Crippen LogP contribution in [0.25, 0.3) is 0 Å². The van der Waals surface area contributed by atoms with Crippen LogP contribution in [-0.2, 0) is 0 Å². The molecule has 0 fully saturated rings. The number of hydrogen-bond donors (Lipinski definition) is 0. The Morgan fingerprint density at radius 3 is 1.86 bits per heavy atom. The molecular weight excluding hydrogens is 359 g/mol. The van der Waals surface area contributed by atoms with Crippen LogP contribution in [0, 0.1) is 0 Å². The van der Waals surface area contributed by atoms with Gasteiger partial charge in [-0.05, 0) is 0 Å². The van der Waals surface area contributed by atoms with Gasteiger partial charge < -0.3 is 0 Å². The topological polar surface area (TPSA) is 6.48 Å². The zero-order valence-corrected chi connectivity index (χ0v) is 19.1. The van der Waals surface area contributed by atoms with Gasteiger partial charge in [-0.2, -0.15) is 0 Å². The molecule has 2 nitrogen and oxygen atoms in total. The second-order valence-electron chi connectivity index (χ2n) is 6.95. The van der Waals surface area contributed by atoms with Crippen molar-refractivity contribution in [1.82, 2.24) is 9.80 Å². The zero-order chi connectivity index (χ0) is 16.1. The quantitative estimate of drug-likeness (QED) is 0.416. The van der Waals surface area contributed by atoms with Crippen LogP contribution >= 0.6 is 0 Å². The van der Waals surface area contributed by atoms with Crippen molar-refractivity contribution in [3.05, 3.63) is 0 Å². The van der Waals surface area contributed by atoms with E-state index in [-0.39, 0.29) is 0 Å². The van der Waals surface area contributed by atoms with Crippen LogP contribution in [0.3, 0.4) is 0 Å². The molecule has 0 aliphatic heterocycles. The molecule has 0 amide bonds. The van der Waals surface area contributed by atoms with Gasteiger partial charge in [0, 0.05) is 0 Å². The van der Waals surface area contributed by atoms with E-state index in [2.05, 4.69) is 49.1 Å². The molecule has 0 aromatic rings. The first-order valence-corrected chi connectivity index (χ1v) is 17.5. The van der Waals surface area contributed by atoms with Crippen LogP contribution in [0.4, 0.5) is 0 Å². The maximum atomic E-state index is 2.67. The third-order valence-corrected chi connectivity index (χ3v) is 12.5. The second kappa shape index (κ2) is 14.4. The summed E-state index contributed by atoms with van der Waals surface area (Å²) in [7, 11) is 0. The standard InChI is InChI=1S/C9H20N.C8H18N.CH3.In/c1-5-7-10(8-6-2)9(3)4;1-4-7-9(6-3)8-5-2;;/h9H,1,5-8H2,2-4H3;1,4-8H2,2-3H3;1H3;. The van der Waals surface area contributed by atoms with E-state index in [0.29, 0.717) is 0 Å². The molecular formula is C18H41InN2. The fourth-order valence-electron chi connectivity index (χ4n) is 3.11. The monoisotopic (exact) mass is 400 g/mol. The van der Waals surface area contributed by atoms with Crippen LogP contribution in [0.1, 0.15) is 60.3 Å². The van der Waals surface area contributed by atoms with Gasteiger partial charge in [0.25, 0.3) is 0 Å². The van der Waals surface area contributed by atoms with E-state index in [4.69, 9.17) is 0 Å². The molecule has 0 aromatic heterocycles. The van der Waals surface area contributed by atoms with E-state index in [1.54, 1.807) is 8.35 Å². The summed E-state index contributed by atoms with van der Waals surface area (Å²) in [5.41, 5.74) is 0. The first kappa shape index (κ1) is 21.8. The summed E-state index contributed by atoms with van der Waals surface area (Å²) < 4.78 is 5.86. The van der Waals surface area contributed by atoms with Gasteiger partial charge in [-0.1, -0.05) is 0 Å². The van der Waals surface area contributed by atoms with E-state index < -0.39 is 21.4 Å². The number of rotatable bonds is 14. The summed E-state index contributed by atoms with van der Waals surface area (Å²) in [5.74, 6) is 0. The molecule has 0 unspecified atom stereocenters. The van der Waals surface area contributed by atoms with Crippen molar-refractivity contribution in [2.24, 2.45) is 0 Å². The van der Waals surface area contributed by atoms with Gasteiger partial charge in [-0.15, -0.1) is 0 Å². The van der Waals surface area contributed by atoms with Crippen molar-refractivity contribution in [3.8, 4) is 0 Å². The molecule has 126 valence electrons. The summed E-state index contributed by atoms with van der Waals surface area (Å²) in [6, 6.07) is 0.725. The molecule has 0 rings (SSSR count). The van der Waals surface area contributed by atoms with Crippen LogP contribution in [0.15, 0.2) is 0 Å². The molecule has 0 atom stereocenters.